The fourth-order valence-electron chi connectivity index (χ4n) is 3.69. The molecule has 1 aromatic heterocycles. The van der Waals surface area contributed by atoms with Crippen LogP contribution < -0.4 is 10.2 Å². The number of nitrogens with one attached hydrogen (secondary N) is 1. The van der Waals surface area contributed by atoms with Crippen LogP contribution in [0.3, 0.4) is 0 Å². The molecule has 5 nitrogen and oxygen atoms in total. The van der Waals surface area contributed by atoms with Crippen molar-refractivity contribution >= 4 is 17.5 Å². The third-order valence-corrected chi connectivity index (χ3v) is 5.21. The summed E-state index contributed by atoms with van der Waals surface area (Å²) >= 11 is 0. The minimum absolute atomic E-state index is 0.682. The SMILES string of the molecule is CCc1cccc(CC)c1Nc1cnnc(N2CCc3ccccc3C2)n1. The molecule has 1 aliphatic heterocycles. The standard InChI is InChI=1S/C22H25N5/c1-3-16-10-7-11-17(4-2)21(16)24-20-14-23-26-22(25-20)27-13-12-18-8-5-6-9-19(18)15-27/h5-11,14H,3-4,12-13,15H2,1-2H3,(H,24,25,26). The highest BCUT2D eigenvalue weighted by Gasteiger charge is 2.19. The molecule has 0 saturated heterocycles. The van der Waals surface area contributed by atoms with Gasteiger partial charge < -0.3 is 10.2 Å². The molecule has 2 heterocycles. The summed E-state index contributed by atoms with van der Waals surface area (Å²) in [4.78, 5) is 6.96. The topological polar surface area (TPSA) is 53.9 Å². The highest BCUT2D eigenvalue weighted by atomic mass is 15.3. The predicted octanol–water partition coefficient (Wildman–Crippen LogP) is 4.30. The van der Waals surface area contributed by atoms with Gasteiger partial charge in [-0.05, 0) is 41.5 Å². The van der Waals surface area contributed by atoms with Crippen LogP contribution in [-0.2, 0) is 25.8 Å². The van der Waals surface area contributed by atoms with E-state index in [2.05, 4.69) is 76.7 Å². The first-order chi connectivity index (χ1) is 13.3. The van der Waals surface area contributed by atoms with Gasteiger partial charge in [0, 0.05) is 18.8 Å². The maximum absolute atomic E-state index is 4.76. The van der Waals surface area contributed by atoms with E-state index in [-0.39, 0.29) is 0 Å². The number of nitrogens with zero attached hydrogens (tertiary/aromatic N) is 4. The van der Waals surface area contributed by atoms with E-state index in [1.165, 1.54) is 22.3 Å². The molecule has 4 rings (SSSR count). The van der Waals surface area contributed by atoms with Gasteiger partial charge in [0.1, 0.15) is 0 Å². The number of aryl methyl sites for hydroxylation is 2. The second-order valence-corrected chi connectivity index (χ2v) is 6.87. The van der Waals surface area contributed by atoms with Crippen LogP contribution in [-0.4, -0.2) is 21.7 Å². The van der Waals surface area contributed by atoms with Crippen molar-refractivity contribution in [3.8, 4) is 0 Å². The van der Waals surface area contributed by atoms with E-state index in [0.29, 0.717) is 5.95 Å². The van der Waals surface area contributed by atoms with Crippen LogP contribution in [0.4, 0.5) is 17.5 Å². The van der Waals surface area contributed by atoms with Crippen molar-refractivity contribution in [1.29, 1.82) is 0 Å². The van der Waals surface area contributed by atoms with Gasteiger partial charge in [-0.2, -0.15) is 10.1 Å². The van der Waals surface area contributed by atoms with Crippen LogP contribution in [0, 0.1) is 0 Å². The number of aromatic nitrogens is 3. The Labute approximate surface area is 160 Å². The molecular formula is C22H25N5. The lowest BCUT2D eigenvalue weighted by molar-refractivity contribution is 0.698. The van der Waals surface area contributed by atoms with Gasteiger partial charge in [0.15, 0.2) is 5.82 Å². The molecule has 3 aromatic rings. The Kier molecular flexibility index (Phi) is 5.01. The van der Waals surface area contributed by atoms with Crippen molar-refractivity contribution in [3.05, 3.63) is 70.9 Å². The van der Waals surface area contributed by atoms with Crippen molar-refractivity contribution in [2.45, 2.75) is 39.7 Å². The smallest absolute Gasteiger partial charge is 0.247 e. The monoisotopic (exact) mass is 359 g/mol. The van der Waals surface area contributed by atoms with Crippen LogP contribution in [0.2, 0.25) is 0 Å². The molecule has 1 N–H and O–H groups in total. The molecule has 2 aromatic carbocycles. The van der Waals surface area contributed by atoms with Gasteiger partial charge in [-0.15, -0.1) is 5.10 Å². The van der Waals surface area contributed by atoms with E-state index in [9.17, 15) is 0 Å². The van der Waals surface area contributed by atoms with Gasteiger partial charge in [0.2, 0.25) is 5.95 Å². The zero-order chi connectivity index (χ0) is 18.6. The molecule has 0 spiro atoms. The minimum atomic E-state index is 0.682. The van der Waals surface area contributed by atoms with E-state index >= 15 is 0 Å². The van der Waals surface area contributed by atoms with Gasteiger partial charge in [0.05, 0.1) is 6.20 Å². The fourth-order valence-corrected chi connectivity index (χ4v) is 3.69. The molecule has 0 unspecified atom stereocenters. The third-order valence-electron chi connectivity index (χ3n) is 5.21. The first-order valence-electron chi connectivity index (χ1n) is 9.67. The molecule has 0 aliphatic carbocycles. The second-order valence-electron chi connectivity index (χ2n) is 6.87. The lowest BCUT2D eigenvalue weighted by Crippen LogP contribution is -2.32. The van der Waals surface area contributed by atoms with E-state index in [1.807, 2.05) is 0 Å². The van der Waals surface area contributed by atoms with Gasteiger partial charge in [-0.1, -0.05) is 56.3 Å². The molecule has 0 radical (unpaired) electrons. The second kappa shape index (κ2) is 7.74. The molecule has 27 heavy (non-hydrogen) atoms. The summed E-state index contributed by atoms with van der Waals surface area (Å²) in [6, 6.07) is 15.0. The Morgan fingerprint density at radius 3 is 2.44 bits per heavy atom. The zero-order valence-electron chi connectivity index (χ0n) is 15.9. The Morgan fingerprint density at radius 2 is 1.70 bits per heavy atom. The largest absolute Gasteiger partial charge is 0.338 e. The van der Waals surface area contributed by atoms with Crippen LogP contribution >= 0.6 is 0 Å². The molecular weight excluding hydrogens is 334 g/mol. The molecule has 138 valence electrons. The number of anilines is 3. The summed E-state index contributed by atoms with van der Waals surface area (Å²) in [5.41, 5.74) is 6.50. The lowest BCUT2D eigenvalue weighted by Gasteiger charge is -2.28. The normalized spacial score (nSPS) is 13.3. The first kappa shape index (κ1) is 17.5. The van der Waals surface area contributed by atoms with Gasteiger partial charge >= 0.3 is 0 Å². The Hall–Kier alpha value is -2.95. The van der Waals surface area contributed by atoms with Gasteiger partial charge in [-0.3, -0.25) is 0 Å². The summed E-state index contributed by atoms with van der Waals surface area (Å²) in [5, 5.41) is 12.0. The molecule has 0 fully saturated rings. The van der Waals surface area contributed by atoms with Crippen LogP contribution in [0.5, 0.6) is 0 Å². The van der Waals surface area contributed by atoms with E-state index in [1.54, 1.807) is 6.20 Å². The molecule has 0 bridgehead atoms. The Bertz CT molecular complexity index is 915. The van der Waals surface area contributed by atoms with E-state index in [0.717, 1.165) is 43.9 Å². The number of para-hydroxylation sites is 1. The lowest BCUT2D eigenvalue weighted by atomic mass is 10.0. The molecule has 0 atom stereocenters. The average molecular weight is 359 g/mol. The zero-order valence-corrected chi connectivity index (χ0v) is 15.9. The maximum atomic E-state index is 4.76. The summed E-state index contributed by atoms with van der Waals surface area (Å²) in [6.07, 6.45) is 4.66. The molecule has 1 aliphatic rings. The van der Waals surface area contributed by atoms with E-state index < -0.39 is 0 Å². The maximum Gasteiger partial charge on any atom is 0.247 e. The third kappa shape index (κ3) is 3.63. The van der Waals surface area contributed by atoms with Gasteiger partial charge in [-0.25, -0.2) is 0 Å². The summed E-state index contributed by atoms with van der Waals surface area (Å²) in [6.45, 7) is 6.09. The van der Waals surface area contributed by atoms with Crippen molar-refractivity contribution < 1.29 is 0 Å². The minimum Gasteiger partial charge on any atom is -0.338 e. The van der Waals surface area contributed by atoms with Crippen molar-refractivity contribution in [2.75, 3.05) is 16.8 Å². The van der Waals surface area contributed by atoms with Crippen molar-refractivity contribution in [1.82, 2.24) is 15.2 Å². The van der Waals surface area contributed by atoms with Crippen LogP contribution in [0.1, 0.15) is 36.1 Å². The summed E-state index contributed by atoms with van der Waals surface area (Å²) in [7, 11) is 0. The highest BCUT2D eigenvalue weighted by Crippen LogP contribution is 2.27. The predicted molar refractivity (Wildman–Crippen MR) is 110 cm³/mol. The average Bonchev–Trinajstić information content (AvgIpc) is 2.73. The molecule has 0 amide bonds. The summed E-state index contributed by atoms with van der Waals surface area (Å²) < 4.78 is 0. The van der Waals surface area contributed by atoms with Crippen LogP contribution in [0.15, 0.2) is 48.7 Å². The van der Waals surface area contributed by atoms with Crippen molar-refractivity contribution in [3.63, 3.8) is 0 Å². The summed E-state index contributed by atoms with van der Waals surface area (Å²) in [5.74, 6) is 1.43. The Morgan fingerprint density at radius 1 is 0.963 bits per heavy atom. The highest BCUT2D eigenvalue weighted by molar-refractivity contribution is 5.65. The number of benzene rings is 2. The van der Waals surface area contributed by atoms with Gasteiger partial charge in [0.25, 0.3) is 0 Å². The van der Waals surface area contributed by atoms with Crippen LogP contribution in [0.25, 0.3) is 0 Å². The van der Waals surface area contributed by atoms with Crippen molar-refractivity contribution in [2.24, 2.45) is 0 Å². The molecule has 5 heteroatoms. The fraction of sp³-hybridized carbons (Fsp3) is 0.318. The quantitative estimate of drug-likeness (QED) is 0.736. The van der Waals surface area contributed by atoms with E-state index in [4.69, 9.17) is 4.98 Å². The number of fused-ring (bicyclic) bond motifs is 1. The number of rotatable bonds is 5. The Balaban J connectivity index is 1.59. The number of hydrogen-bond acceptors (Lipinski definition) is 5. The molecule has 0 saturated carbocycles. The first-order valence-corrected chi connectivity index (χ1v) is 9.67. The number of hydrogen-bond donors (Lipinski definition) is 1.